The van der Waals surface area contributed by atoms with E-state index in [0.717, 1.165) is 19.6 Å². The molecule has 3 heteroatoms. The molecule has 19 heavy (non-hydrogen) atoms. The fraction of sp³-hybridized carbons (Fsp3) is 0.625. The van der Waals surface area contributed by atoms with Crippen LogP contribution in [0.5, 0.6) is 0 Å². The van der Waals surface area contributed by atoms with Crippen molar-refractivity contribution < 1.29 is 4.74 Å². The van der Waals surface area contributed by atoms with Crippen LogP contribution in [-0.4, -0.2) is 31.3 Å². The highest BCUT2D eigenvalue weighted by molar-refractivity contribution is 7.99. The lowest BCUT2D eigenvalue weighted by Gasteiger charge is -2.27. The van der Waals surface area contributed by atoms with E-state index >= 15 is 0 Å². The normalized spacial score (nSPS) is 14.3. The third-order valence-electron chi connectivity index (χ3n) is 3.18. The van der Waals surface area contributed by atoms with Crippen molar-refractivity contribution in [3.8, 4) is 0 Å². The van der Waals surface area contributed by atoms with Crippen LogP contribution in [0, 0.1) is 0 Å². The molecule has 0 amide bonds. The summed E-state index contributed by atoms with van der Waals surface area (Å²) in [6, 6.07) is 11.2. The van der Waals surface area contributed by atoms with Gasteiger partial charge in [0, 0.05) is 25.0 Å². The van der Waals surface area contributed by atoms with Crippen LogP contribution in [0.3, 0.4) is 0 Å². The summed E-state index contributed by atoms with van der Waals surface area (Å²) >= 11 is 2.06. The summed E-state index contributed by atoms with van der Waals surface area (Å²) in [4.78, 5) is 0. The Bertz CT molecular complexity index is 318. The number of nitrogens with one attached hydrogen (secondary N) is 1. The smallest absolute Gasteiger partial charge is 0.0470 e. The van der Waals surface area contributed by atoms with E-state index in [1.807, 2.05) is 0 Å². The van der Waals surface area contributed by atoms with Gasteiger partial charge in [0.05, 0.1) is 0 Å². The van der Waals surface area contributed by atoms with E-state index in [0.29, 0.717) is 11.3 Å². The van der Waals surface area contributed by atoms with Crippen LogP contribution in [0.1, 0.15) is 38.3 Å². The first kappa shape index (κ1) is 16.5. The highest BCUT2D eigenvalue weighted by Gasteiger charge is 2.20. The Kier molecular flexibility index (Phi) is 8.97. The fourth-order valence-electron chi connectivity index (χ4n) is 2.23. The predicted octanol–water partition coefficient (Wildman–Crippen LogP) is 3.89. The van der Waals surface area contributed by atoms with E-state index in [9.17, 15) is 0 Å². The van der Waals surface area contributed by atoms with Crippen LogP contribution >= 0.6 is 11.8 Å². The lowest BCUT2D eigenvalue weighted by Crippen LogP contribution is -2.30. The van der Waals surface area contributed by atoms with Crippen LogP contribution < -0.4 is 5.32 Å². The molecule has 2 atom stereocenters. The standard InChI is InChI=1S/C16H27NOS/c1-4-15(19-13-9-12-18-3)16(17-5-2)14-10-7-6-8-11-14/h6-8,10-11,15-17H,4-5,9,12-13H2,1-3H3. The van der Waals surface area contributed by atoms with Crippen molar-refractivity contribution >= 4 is 11.8 Å². The summed E-state index contributed by atoms with van der Waals surface area (Å²) in [5.74, 6) is 1.17. The van der Waals surface area contributed by atoms with Crippen LogP contribution in [0.15, 0.2) is 30.3 Å². The average Bonchev–Trinajstić information content (AvgIpc) is 2.47. The van der Waals surface area contributed by atoms with Crippen molar-refractivity contribution in [2.45, 2.75) is 38.0 Å². The molecule has 0 spiro atoms. The SMILES string of the molecule is CCNC(c1ccccc1)C(CC)SCCCOC. The van der Waals surface area contributed by atoms with Crippen molar-refractivity contribution in [3.05, 3.63) is 35.9 Å². The predicted molar refractivity (Wildman–Crippen MR) is 85.9 cm³/mol. The molecule has 0 radical (unpaired) electrons. The van der Waals surface area contributed by atoms with Crippen LogP contribution in [0.25, 0.3) is 0 Å². The second kappa shape index (κ2) is 10.3. The quantitative estimate of drug-likeness (QED) is 0.658. The molecule has 0 aliphatic carbocycles. The fourth-order valence-corrected chi connectivity index (χ4v) is 3.50. The van der Waals surface area contributed by atoms with Gasteiger partial charge in [-0.05, 0) is 30.7 Å². The van der Waals surface area contributed by atoms with Gasteiger partial charge < -0.3 is 10.1 Å². The van der Waals surface area contributed by atoms with Crippen LogP contribution in [-0.2, 0) is 4.74 Å². The van der Waals surface area contributed by atoms with Gasteiger partial charge in [-0.2, -0.15) is 11.8 Å². The van der Waals surface area contributed by atoms with Gasteiger partial charge in [-0.3, -0.25) is 0 Å². The van der Waals surface area contributed by atoms with Gasteiger partial charge in [0.2, 0.25) is 0 Å². The molecule has 108 valence electrons. The molecule has 0 aliphatic heterocycles. The molecule has 1 aromatic rings. The molecule has 1 N–H and O–H groups in total. The Balaban J connectivity index is 2.61. The molecule has 1 aromatic carbocycles. The molecule has 2 unspecified atom stereocenters. The third-order valence-corrected chi connectivity index (χ3v) is 4.74. The lowest BCUT2D eigenvalue weighted by molar-refractivity contribution is 0.200. The molecule has 0 saturated heterocycles. The Morgan fingerprint density at radius 2 is 1.95 bits per heavy atom. The first-order valence-corrected chi connectivity index (χ1v) is 8.27. The first-order chi connectivity index (χ1) is 9.33. The summed E-state index contributed by atoms with van der Waals surface area (Å²) in [7, 11) is 1.77. The van der Waals surface area contributed by atoms with Gasteiger partial charge in [-0.15, -0.1) is 0 Å². The number of ether oxygens (including phenoxy) is 1. The maximum Gasteiger partial charge on any atom is 0.0470 e. The summed E-state index contributed by atoms with van der Waals surface area (Å²) in [6.07, 6.45) is 2.31. The zero-order valence-corrected chi connectivity index (χ0v) is 13.2. The van der Waals surface area contributed by atoms with Gasteiger partial charge in [0.15, 0.2) is 0 Å². The molecule has 0 saturated carbocycles. The summed E-state index contributed by atoms with van der Waals surface area (Å²) in [5.41, 5.74) is 1.40. The molecule has 0 bridgehead atoms. The largest absolute Gasteiger partial charge is 0.385 e. The zero-order valence-electron chi connectivity index (χ0n) is 12.4. The highest BCUT2D eigenvalue weighted by Crippen LogP contribution is 2.29. The van der Waals surface area contributed by atoms with Crippen molar-refractivity contribution in [2.75, 3.05) is 26.0 Å². The summed E-state index contributed by atoms with van der Waals surface area (Å²) in [5, 5.41) is 4.26. The zero-order chi connectivity index (χ0) is 13.9. The van der Waals surface area contributed by atoms with Crippen LogP contribution in [0.4, 0.5) is 0 Å². The minimum atomic E-state index is 0.448. The van der Waals surface area contributed by atoms with E-state index in [2.05, 4.69) is 61.3 Å². The average molecular weight is 281 g/mol. The number of benzene rings is 1. The van der Waals surface area contributed by atoms with Crippen molar-refractivity contribution in [1.29, 1.82) is 0 Å². The summed E-state index contributed by atoms with van der Waals surface area (Å²) in [6.45, 7) is 6.33. The van der Waals surface area contributed by atoms with E-state index in [1.165, 1.54) is 17.7 Å². The maximum atomic E-state index is 5.12. The molecule has 0 fully saturated rings. The number of methoxy groups -OCH3 is 1. The number of hydrogen-bond acceptors (Lipinski definition) is 3. The minimum absolute atomic E-state index is 0.448. The lowest BCUT2D eigenvalue weighted by atomic mass is 10.0. The number of rotatable bonds is 10. The van der Waals surface area contributed by atoms with E-state index in [-0.39, 0.29) is 0 Å². The molecule has 0 aliphatic rings. The number of hydrogen-bond donors (Lipinski definition) is 1. The van der Waals surface area contributed by atoms with Gasteiger partial charge in [-0.1, -0.05) is 44.2 Å². The molecular formula is C16H27NOS. The second-order valence-electron chi connectivity index (χ2n) is 4.61. The molecule has 1 rings (SSSR count). The topological polar surface area (TPSA) is 21.3 Å². The molecule has 2 nitrogen and oxygen atoms in total. The molecule has 0 heterocycles. The minimum Gasteiger partial charge on any atom is -0.385 e. The van der Waals surface area contributed by atoms with Gasteiger partial charge >= 0.3 is 0 Å². The molecular weight excluding hydrogens is 254 g/mol. The Morgan fingerprint density at radius 1 is 1.21 bits per heavy atom. The number of thioether (sulfide) groups is 1. The summed E-state index contributed by atoms with van der Waals surface area (Å²) < 4.78 is 5.12. The van der Waals surface area contributed by atoms with E-state index in [4.69, 9.17) is 4.74 Å². The maximum absolute atomic E-state index is 5.12. The Morgan fingerprint density at radius 3 is 2.53 bits per heavy atom. The monoisotopic (exact) mass is 281 g/mol. The van der Waals surface area contributed by atoms with Crippen molar-refractivity contribution in [2.24, 2.45) is 0 Å². The van der Waals surface area contributed by atoms with Crippen molar-refractivity contribution in [3.63, 3.8) is 0 Å². The Labute approximate surface area is 122 Å². The molecule has 0 aromatic heterocycles. The third kappa shape index (κ3) is 5.98. The Hall–Kier alpha value is -0.510. The van der Waals surface area contributed by atoms with Gasteiger partial charge in [0.25, 0.3) is 0 Å². The second-order valence-corrected chi connectivity index (χ2v) is 5.96. The van der Waals surface area contributed by atoms with Gasteiger partial charge in [-0.25, -0.2) is 0 Å². The van der Waals surface area contributed by atoms with Crippen LogP contribution in [0.2, 0.25) is 0 Å². The van der Waals surface area contributed by atoms with Gasteiger partial charge in [0.1, 0.15) is 0 Å². The highest BCUT2D eigenvalue weighted by atomic mass is 32.2. The first-order valence-electron chi connectivity index (χ1n) is 7.22. The van der Waals surface area contributed by atoms with Crippen molar-refractivity contribution in [1.82, 2.24) is 5.32 Å². The van der Waals surface area contributed by atoms with E-state index < -0.39 is 0 Å². The van der Waals surface area contributed by atoms with E-state index in [1.54, 1.807) is 7.11 Å².